The van der Waals surface area contributed by atoms with Gasteiger partial charge in [-0.05, 0) is 0 Å². The van der Waals surface area contributed by atoms with Gasteiger partial charge in [-0.3, -0.25) is 0 Å². The summed E-state index contributed by atoms with van der Waals surface area (Å²) >= 11 is 0.313. The van der Waals surface area contributed by atoms with E-state index in [1.54, 1.807) is 20.7 Å². The Hall–Kier alpha value is -1.51. The van der Waals surface area contributed by atoms with Crippen LogP contribution in [-0.4, -0.2) is 33.7 Å². The molecule has 1 heterocycles. The number of hydrogen-bond donors (Lipinski definition) is 1. The molecular weight excluding hydrogens is 441 g/mol. The third-order valence-corrected chi connectivity index (χ3v) is 4.33. The van der Waals surface area contributed by atoms with Gasteiger partial charge in [-0.1, -0.05) is 0 Å². The summed E-state index contributed by atoms with van der Waals surface area (Å²) in [5.41, 5.74) is 7.61. The molecule has 0 aliphatic heterocycles. The van der Waals surface area contributed by atoms with E-state index < -0.39 is 5.82 Å². The molecule has 0 unspecified atom stereocenters. The second kappa shape index (κ2) is 4.55. The zero-order valence-corrected chi connectivity index (χ0v) is 14.3. The predicted molar refractivity (Wildman–Crippen MR) is 70.6 cm³/mol. The molecule has 0 saturated heterocycles. The number of fused-ring (bicyclic) bond motifs is 1. The van der Waals surface area contributed by atoms with E-state index in [1.807, 2.05) is 0 Å². The van der Waals surface area contributed by atoms with Crippen molar-refractivity contribution >= 4 is 42.7 Å². The molecule has 3 aromatic rings. The summed E-state index contributed by atoms with van der Waals surface area (Å²) in [5.74, 6) is -0.743. The zero-order chi connectivity index (χ0) is 13.6. The van der Waals surface area contributed by atoms with Gasteiger partial charge in [0, 0.05) is 0 Å². The van der Waals surface area contributed by atoms with Gasteiger partial charge in [0.1, 0.15) is 0 Å². The van der Waals surface area contributed by atoms with Crippen LogP contribution in [0.25, 0.3) is 22.2 Å². The molecule has 0 atom stereocenters. The minimum absolute atomic E-state index is 0.313. The first-order chi connectivity index (χ1) is 9.06. The van der Waals surface area contributed by atoms with Crippen LogP contribution in [0.3, 0.4) is 0 Å². The Kier molecular flexibility index (Phi) is 3.00. The summed E-state index contributed by atoms with van der Waals surface area (Å²) in [6.07, 6.45) is 0. The average molecular weight is 449 g/mol. The van der Waals surface area contributed by atoms with Gasteiger partial charge >= 0.3 is 124 Å². The number of hydrogen-bond acceptors (Lipinski definition) is 2. The van der Waals surface area contributed by atoms with Crippen molar-refractivity contribution < 1.29 is 8.78 Å². The summed E-state index contributed by atoms with van der Waals surface area (Å²) in [4.78, 5) is 0. The Bertz CT molecular complexity index is 783. The molecule has 0 saturated carbocycles. The Morgan fingerprint density at radius 1 is 1.16 bits per heavy atom. The second-order valence-electron chi connectivity index (χ2n) is 4.20. The molecule has 6 heteroatoms. The van der Waals surface area contributed by atoms with E-state index >= 15 is 0 Å². The average Bonchev–Trinajstić information content (AvgIpc) is 2.66. The van der Waals surface area contributed by atoms with E-state index in [-0.39, 0.29) is 5.82 Å². The number of benzene rings is 2. The van der Waals surface area contributed by atoms with Crippen molar-refractivity contribution in [2.75, 3.05) is 5.73 Å². The summed E-state index contributed by atoms with van der Waals surface area (Å²) in [6.45, 7) is 0. The second-order valence-corrected chi connectivity index (χ2v) is 6.10. The fourth-order valence-corrected chi connectivity index (χ4v) is 3.56. The first-order valence-electron chi connectivity index (χ1n) is 5.55. The van der Waals surface area contributed by atoms with Crippen molar-refractivity contribution in [3.63, 3.8) is 0 Å². The molecule has 2 aromatic carbocycles. The molecule has 3 nitrogen and oxygen atoms in total. The van der Waals surface area contributed by atoms with Gasteiger partial charge in [-0.2, -0.15) is 0 Å². The fourth-order valence-electron chi connectivity index (χ4n) is 2.09. The molecule has 92 valence electrons. The first kappa shape index (κ1) is 12.5. The number of halogens is 2. The molecule has 0 fully saturated rings. The molecule has 0 spiro atoms. The van der Waals surface area contributed by atoms with Crippen LogP contribution in [0, 0.1) is 11.6 Å². The summed E-state index contributed by atoms with van der Waals surface area (Å²) in [7, 11) is 0. The molecule has 3 rings (SSSR count). The Labute approximate surface area is 124 Å². The molecule has 0 radical (unpaired) electrons. The number of nitrogens with two attached hydrogens (primary N) is 1. The third kappa shape index (κ3) is 2.11. The van der Waals surface area contributed by atoms with Gasteiger partial charge in [0.2, 0.25) is 0 Å². The van der Waals surface area contributed by atoms with E-state index in [1.165, 1.54) is 18.2 Å². The number of rotatable bonds is 1. The first-order valence-corrected chi connectivity index (χ1v) is 7.56. The predicted octanol–water partition coefficient (Wildman–Crippen LogP) is 2.50. The maximum atomic E-state index is 13.9. The van der Waals surface area contributed by atoms with Gasteiger partial charge in [0.15, 0.2) is 0 Å². The van der Waals surface area contributed by atoms with Gasteiger partial charge in [-0.15, -0.1) is 0 Å². The molecule has 19 heavy (non-hydrogen) atoms. The quantitative estimate of drug-likeness (QED) is 0.459. The van der Waals surface area contributed by atoms with Crippen LogP contribution < -0.4 is 5.73 Å². The summed E-state index contributed by atoms with van der Waals surface area (Å²) in [6, 6.07) is 9.04. The van der Waals surface area contributed by atoms with Crippen LogP contribution in [0.15, 0.2) is 36.4 Å². The summed E-state index contributed by atoms with van der Waals surface area (Å²) < 4.78 is 28.8. The zero-order valence-electron chi connectivity index (χ0n) is 9.77. The van der Waals surface area contributed by atoms with Gasteiger partial charge in [-0.25, -0.2) is 0 Å². The van der Waals surface area contributed by atoms with Crippen molar-refractivity contribution in [3.8, 4) is 11.3 Å². The van der Waals surface area contributed by atoms with Gasteiger partial charge in [0.05, 0.1) is 0 Å². The van der Waals surface area contributed by atoms with Crippen LogP contribution in [-0.2, 0) is 0 Å². The van der Waals surface area contributed by atoms with Crippen LogP contribution >= 0.6 is 0 Å². The van der Waals surface area contributed by atoms with Gasteiger partial charge in [0.25, 0.3) is 0 Å². The molecule has 1 aromatic heterocycles. The fraction of sp³-hybridized carbons (Fsp3) is 0. The number of nitrogen functional groups attached to an aromatic ring is 1. The SMILES string of the molecule is Nc1cc(F)c2c(c1)c(-c1cccc(F)c1)n[n]2[Tl]. The molecule has 0 aliphatic carbocycles. The van der Waals surface area contributed by atoms with E-state index in [2.05, 4.69) is 5.10 Å². The Balaban J connectivity index is 2.36. The van der Waals surface area contributed by atoms with Gasteiger partial charge < -0.3 is 0 Å². The standard InChI is InChI=1S/C13H8F2N3.Tl/c14-8-3-1-2-7(4-8)12-10-5-9(16)6-11(15)13(10)18-17-12;/h1-6H,16H2;/q-1;+1. The van der Waals surface area contributed by atoms with Crippen molar-refractivity contribution in [1.82, 2.24) is 7.59 Å². The van der Waals surface area contributed by atoms with Crippen LogP contribution in [0.1, 0.15) is 0 Å². The van der Waals surface area contributed by atoms with E-state index in [4.69, 9.17) is 5.73 Å². The van der Waals surface area contributed by atoms with Crippen LogP contribution in [0.4, 0.5) is 14.5 Å². The topological polar surface area (TPSA) is 43.8 Å². The molecule has 2 N–H and O–H groups in total. The van der Waals surface area contributed by atoms with E-state index in [0.717, 1.165) is 0 Å². The Morgan fingerprint density at radius 2 is 1.95 bits per heavy atom. The Morgan fingerprint density at radius 3 is 2.68 bits per heavy atom. The van der Waals surface area contributed by atoms with E-state index in [9.17, 15) is 8.78 Å². The van der Waals surface area contributed by atoms with Crippen molar-refractivity contribution in [3.05, 3.63) is 48.0 Å². The molecule has 0 aliphatic rings. The van der Waals surface area contributed by atoms with Crippen molar-refractivity contribution in [1.29, 1.82) is 0 Å². The minimum atomic E-state index is -0.396. The number of nitrogens with zero attached hydrogens (tertiary/aromatic N) is 2. The molecule has 0 amide bonds. The number of anilines is 1. The normalized spacial score (nSPS) is 11.0. The van der Waals surface area contributed by atoms with Crippen LogP contribution in [0.2, 0.25) is 0 Å². The summed E-state index contributed by atoms with van der Waals surface area (Å²) in [5, 5.41) is 4.95. The van der Waals surface area contributed by atoms with E-state index in [0.29, 0.717) is 53.9 Å². The molecule has 0 bridgehead atoms. The van der Waals surface area contributed by atoms with Crippen molar-refractivity contribution in [2.45, 2.75) is 0 Å². The van der Waals surface area contributed by atoms with Crippen LogP contribution in [0.5, 0.6) is 0 Å². The molecular formula is C13H8F2N3Tl. The third-order valence-electron chi connectivity index (χ3n) is 2.88. The van der Waals surface area contributed by atoms with Crippen molar-refractivity contribution in [2.24, 2.45) is 0 Å². The number of aromatic nitrogens is 2. The monoisotopic (exact) mass is 449 g/mol. The maximum absolute atomic E-state index is 13.9.